The predicted octanol–water partition coefficient (Wildman–Crippen LogP) is 5.12. The van der Waals surface area contributed by atoms with Gasteiger partial charge in [0.15, 0.2) is 0 Å². The highest BCUT2D eigenvalue weighted by molar-refractivity contribution is 6.04. The minimum absolute atomic E-state index is 0.195. The van der Waals surface area contributed by atoms with E-state index in [9.17, 15) is 4.79 Å². The first kappa shape index (κ1) is 20.9. The summed E-state index contributed by atoms with van der Waals surface area (Å²) < 4.78 is 5.71. The first-order chi connectivity index (χ1) is 15.6. The van der Waals surface area contributed by atoms with Crippen molar-refractivity contribution in [2.45, 2.75) is 6.92 Å². The number of carbonyl (C=O) groups is 1. The van der Waals surface area contributed by atoms with E-state index in [0.717, 1.165) is 22.7 Å². The topological polar surface area (TPSA) is 102 Å². The van der Waals surface area contributed by atoms with Gasteiger partial charge in [0.25, 0.3) is 5.91 Å². The number of rotatable bonds is 7. The van der Waals surface area contributed by atoms with Crippen LogP contribution in [0.2, 0.25) is 0 Å². The molecule has 0 aliphatic carbocycles. The van der Waals surface area contributed by atoms with Crippen LogP contribution in [0.15, 0.2) is 85.2 Å². The highest BCUT2D eigenvalue weighted by Gasteiger charge is 2.09. The molecule has 0 atom stereocenters. The van der Waals surface area contributed by atoms with Crippen LogP contribution >= 0.6 is 0 Å². The molecule has 7 heteroatoms. The molecule has 0 radical (unpaired) electrons. The van der Waals surface area contributed by atoms with Crippen molar-refractivity contribution in [2.24, 2.45) is 0 Å². The number of nitrogens with two attached hydrogens (primary N) is 1. The molecule has 32 heavy (non-hydrogen) atoms. The van der Waals surface area contributed by atoms with Crippen molar-refractivity contribution >= 4 is 28.8 Å². The van der Waals surface area contributed by atoms with Crippen LogP contribution in [0.4, 0.5) is 22.9 Å². The lowest BCUT2D eigenvalue weighted by molar-refractivity contribution is 0.102. The number of nitrogen functional groups attached to an aromatic ring is 1. The number of amides is 1. The van der Waals surface area contributed by atoms with Crippen molar-refractivity contribution < 1.29 is 9.53 Å². The zero-order chi connectivity index (χ0) is 22.3. The Labute approximate surface area is 186 Å². The summed E-state index contributed by atoms with van der Waals surface area (Å²) in [4.78, 5) is 21.1. The Morgan fingerprint density at radius 3 is 2.41 bits per heavy atom. The lowest BCUT2D eigenvalue weighted by Crippen LogP contribution is -2.11. The smallest absolute Gasteiger partial charge is 0.255 e. The summed E-state index contributed by atoms with van der Waals surface area (Å²) in [5, 5.41) is 6.14. The fourth-order valence-electron chi connectivity index (χ4n) is 3.16. The maximum absolute atomic E-state index is 12.4. The standard InChI is InChI=1S/C25H23N5O2/c1-2-32-23-6-4-3-5-21(23)22-15-24(28-16-27-22)29-19-11-13-20(14-12-19)30-25(31)17-7-9-18(26)10-8-17/h3-16H,2,26H2,1H3,(H,30,31)(H,27,28,29). The number of para-hydroxylation sites is 1. The molecule has 0 unspecified atom stereocenters. The molecular formula is C25H23N5O2. The number of ether oxygens (including phenoxy) is 1. The second-order valence-electron chi connectivity index (χ2n) is 7.00. The van der Waals surface area contributed by atoms with E-state index in [4.69, 9.17) is 10.5 Å². The fourth-order valence-corrected chi connectivity index (χ4v) is 3.16. The van der Waals surface area contributed by atoms with Gasteiger partial charge in [-0.05, 0) is 67.6 Å². The number of nitrogens with one attached hydrogen (secondary N) is 2. The molecule has 7 nitrogen and oxygen atoms in total. The van der Waals surface area contributed by atoms with Gasteiger partial charge in [0.1, 0.15) is 17.9 Å². The third kappa shape index (κ3) is 5.02. The van der Waals surface area contributed by atoms with E-state index in [-0.39, 0.29) is 5.91 Å². The second-order valence-corrected chi connectivity index (χ2v) is 7.00. The highest BCUT2D eigenvalue weighted by atomic mass is 16.5. The highest BCUT2D eigenvalue weighted by Crippen LogP contribution is 2.29. The van der Waals surface area contributed by atoms with Gasteiger partial charge < -0.3 is 21.1 Å². The Morgan fingerprint density at radius 2 is 1.66 bits per heavy atom. The van der Waals surface area contributed by atoms with E-state index in [1.54, 1.807) is 24.3 Å². The molecule has 4 aromatic rings. The number of carbonyl (C=O) groups excluding carboxylic acids is 1. The van der Waals surface area contributed by atoms with E-state index in [0.29, 0.717) is 29.4 Å². The van der Waals surface area contributed by atoms with Crippen molar-refractivity contribution in [2.75, 3.05) is 23.0 Å². The van der Waals surface area contributed by atoms with Gasteiger partial charge in [-0.15, -0.1) is 0 Å². The summed E-state index contributed by atoms with van der Waals surface area (Å²) in [5.41, 5.74) is 10.0. The van der Waals surface area contributed by atoms with Crippen molar-refractivity contribution in [1.82, 2.24) is 9.97 Å². The van der Waals surface area contributed by atoms with E-state index < -0.39 is 0 Å². The average Bonchev–Trinajstić information content (AvgIpc) is 2.81. The molecule has 1 aromatic heterocycles. The molecule has 0 bridgehead atoms. The molecule has 0 fully saturated rings. The van der Waals surface area contributed by atoms with Crippen LogP contribution in [0, 0.1) is 0 Å². The van der Waals surface area contributed by atoms with Gasteiger partial charge in [0.2, 0.25) is 0 Å². The van der Waals surface area contributed by atoms with Crippen molar-refractivity contribution in [1.29, 1.82) is 0 Å². The zero-order valence-corrected chi connectivity index (χ0v) is 17.6. The Morgan fingerprint density at radius 1 is 0.938 bits per heavy atom. The van der Waals surface area contributed by atoms with Crippen molar-refractivity contribution in [3.8, 4) is 17.0 Å². The van der Waals surface area contributed by atoms with Crippen LogP contribution in [-0.2, 0) is 0 Å². The van der Waals surface area contributed by atoms with Crippen LogP contribution in [0.3, 0.4) is 0 Å². The van der Waals surface area contributed by atoms with Crippen LogP contribution in [0.1, 0.15) is 17.3 Å². The Balaban J connectivity index is 1.45. The van der Waals surface area contributed by atoms with Crippen LogP contribution in [-0.4, -0.2) is 22.5 Å². The number of nitrogens with zero attached hydrogens (tertiary/aromatic N) is 2. The first-order valence-electron chi connectivity index (χ1n) is 10.2. The van der Waals surface area contributed by atoms with Gasteiger partial charge in [-0.2, -0.15) is 0 Å². The van der Waals surface area contributed by atoms with Crippen LogP contribution in [0.25, 0.3) is 11.3 Å². The number of aromatic nitrogens is 2. The second kappa shape index (κ2) is 9.61. The lowest BCUT2D eigenvalue weighted by atomic mass is 10.1. The number of anilines is 4. The third-order valence-corrected chi connectivity index (χ3v) is 4.72. The molecule has 3 aromatic carbocycles. The molecule has 4 rings (SSSR count). The van der Waals surface area contributed by atoms with Gasteiger partial charge >= 0.3 is 0 Å². The SMILES string of the molecule is CCOc1ccccc1-c1cc(Nc2ccc(NC(=O)c3ccc(N)cc3)cc2)ncn1. The summed E-state index contributed by atoms with van der Waals surface area (Å²) in [6, 6.07) is 23.8. The van der Waals surface area contributed by atoms with Crippen molar-refractivity contribution in [3.63, 3.8) is 0 Å². The fraction of sp³-hybridized carbons (Fsp3) is 0.0800. The minimum Gasteiger partial charge on any atom is -0.493 e. The molecule has 0 aliphatic heterocycles. The summed E-state index contributed by atoms with van der Waals surface area (Å²) in [6.45, 7) is 2.53. The summed E-state index contributed by atoms with van der Waals surface area (Å²) in [5.74, 6) is 1.24. The first-order valence-corrected chi connectivity index (χ1v) is 10.2. The lowest BCUT2D eigenvalue weighted by Gasteiger charge is -2.11. The zero-order valence-electron chi connectivity index (χ0n) is 17.6. The van der Waals surface area contributed by atoms with Gasteiger partial charge in [0, 0.05) is 34.3 Å². The molecule has 0 saturated heterocycles. The van der Waals surface area contributed by atoms with E-state index in [2.05, 4.69) is 20.6 Å². The molecule has 1 heterocycles. The summed E-state index contributed by atoms with van der Waals surface area (Å²) in [6.07, 6.45) is 1.52. The normalized spacial score (nSPS) is 10.4. The van der Waals surface area contributed by atoms with Gasteiger partial charge in [-0.3, -0.25) is 4.79 Å². The van der Waals surface area contributed by atoms with Gasteiger partial charge in [0.05, 0.1) is 12.3 Å². The monoisotopic (exact) mass is 425 g/mol. The van der Waals surface area contributed by atoms with Gasteiger partial charge in [-0.25, -0.2) is 9.97 Å². The average molecular weight is 425 g/mol. The third-order valence-electron chi connectivity index (χ3n) is 4.72. The predicted molar refractivity (Wildman–Crippen MR) is 127 cm³/mol. The van der Waals surface area contributed by atoms with Gasteiger partial charge in [-0.1, -0.05) is 12.1 Å². The Kier molecular flexibility index (Phi) is 6.27. The minimum atomic E-state index is -0.195. The number of benzene rings is 3. The largest absolute Gasteiger partial charge is 0.493 e. The quantitative estimate of drug-likeness (QED) is 0.355. The maximum Gasteiger partial charge on any atom is 0.255 e. The summed E-state index contributed by atoms with van der Waals surface area (Å²) in [7, 11) is 0. The van der Waals surface area contributed by atoms with E-state index in [1.807, 2.05) is 61.5 Å². The number of hydrogen-bond acceptors (Lipinski definition) is 6. The molecule has 0 saturated carbocycles. The van der Waals surface area contributed by atoms with Crippen LogP contribution in [0.5, 0.6) is 5.75 Å². The molecule has 160 valence electrons. The maximum atomic E-state index is 12.4. The summed E-state index contributed by atoms with van der Waals surface area (Å²) >= 11 is 0. The van der Waals surface area contributed by atoms with Crippen molar-refractivity contribution in [3.05, 3.63) is 90.8 Å². The molecule has 0 aliphatic rings. The Bertz CT molecular complexity index is 1210. The van der Waals surface area contributed by atoms with Crippen LogP contribution < -0.4 is 21.1 Å². The molecular weight excluding hydrogens is 402 g/mol. The molecule has 4 N–H and O–H groups in total. The van der Waals surface area contributed by atoms with E-state index in [1.165, 1.54) is 6.33 Å². The Hall–Kier alpha value is -4.39. The number of hydrogen-bond donors (Lipinski definition) is 3. The molecule has 0 spiro atoms. The van der Waals surface area contributed by atoms with E-state index >= 15 is 0 Å². The molecule has 1 amide bonds.